The molecule has 4 rings (SSSR count). The van der Waals surface area contributed by atoms with Gasteiger partial charge < -0.3 is 4.43 Å². The standard InChI is InChI=1S/C26H43NOSSi/c1-19(2)30(20(3)4,21(5)6)28-25-12-14-26-16-22(25)13-15-27(26)18-24(17-26)29-23-10-8-7-9-11-23/h7-11,19-22,24-25H,12-18H2,1-6H3/t22-,24?,25-,26-/m1/s1. The van der Waals surface area contributed by atoms with E-state index in [4.69, 9.17) is 4.43 Å². The molecule has 1 spiro atoms. The highest BCUT2D eigenvalue weighted by molar-refractivity contribution is 8.00. The minimum absolute atomic E-state index is 0.465. The average molecular weight is 446 g/mol. The molecule has 1 aromatic rings. The first kappa shape index (κ1) is 22.9. The van der Waals surface area contributed by atoms with E-state index in [9.17, 15) is 0 Å². The molecule has 30 heavy (non-hydrogen) atoms. The van der Waals surface area contributed by atoms with Crippen molar-refractivity contribution >= 4 is 20.1 Å². The van der Waals surface area contributed by atoms with Crippen LogP contribution in [-0.2, 0) is 4.43 Å². The maximum Gasteiger partial charge on any atom is 0.200 e. The van der Waals surface area contributed by atoms with Crippen molar-refractivity contribution in [2.45, 2.75) is 112 Å². The number of rotatable bonds is 7. The lowest BCUT2D eigenvalue weighted by molar-refractivity contribution is -0.0470. The summed E-state index contributed by atoms with van der Waals surface area (Å²) in [5.74, 6) is 0.776. The van der Waals surface area contributed by atoms with Crippen molar-refractivity contribution in [3.05, 3.63) is 30.3 Å². The lowest BCUT2D eigenvalue weighted by Crippen LogP contribution is -2.59. The summed E-state index contributed by atoms with van der Waals surface area (Å²) in [4.78, 5) is 4.31. The quantitative estimate of drug-likeness (QED) is 0.407. The largest absolute Gasteiger partial charge is 0.413 e. The molecular formula is C26H43NOSSi. The Morgan fingerprint density at radius 3 is 2.27 bits per heavy atom. The van der Waals surface area contributed by atoms with Crippen LogP contribution in [0.2, 0.25) is 16.6 Å². The van der Waals surface area contributed by atoms with Crippen LogP contribution in [0.15, 0.2) is 35.2 Å². The molecule has 1 unspecified atom stereocenters. The van der Waals surface area contributed by atoms with Crippen LogP contribution in [0.4, 0.5) is 0 Å². The first-order chi connectivity index (χ1) is 14.3. The fourth-order valence-electron chi connectivity index (χ4n) is 7.43. The SMILES string of the molecule is CC(C)[Si](O[C@@H]1CC[C@@]23CC(Sc4ccccc4)CN2CC[C@@H]1C3)(C(C)C)C(C)C. The van der Waals surface area contributed by atoms with Crippen LogP contribution in [0, 0.1) is 5.92 Å². The van der Waals surface area contributed by atoms with Crippen molar-refractivity contribution in [3.63, 3.8) is 0 Å². The monoisotopic (exact) mass is 445 g/mol. The van der Waals surface area contributed by atoms with Gasteiger partial charge in [0.2, 0.25) is 8.32 Å². The fourth-order valence-corrected chi connectivity index (χ4v) is 14.4. The Bertz CT molecular complexity index is 686. The van der Waals surface area contributed by atoms with Crippen molar-refractivity contribution in [1.82, 2.24) is 4.90 Å². The molecule has 0 aromatic heterocycles. The Labute approximate surface area is 190 Å². The van der Waals surface area contributed by atoms with Gasteiger partial charge >= 0.3 is 0 Å². The van der Waals surface area contributed by atoms with Crippen molar-refractivity contribution in [2.75, 3.05) is 13.1 Å². The Kier molecular flexibility index (Phi) is 6.80. The molecule has 0 N–H and O–H groups in total. The lowest BCUT2D eigenvalue weighted by Gasteiger charge is -2.55. The molecule has 1 saturated carbocycles. The maximum absolute atomic E-state index is 7.33. The van der Waals surface area contributed by atoms with Crippen LogP contribution < -0.4 is 0 Å². The van der Waals surface area contributed by atoms with Gasteiger partial charge in [-0.3, -0.25) is 4.90 Å². The summed E-state index contributed by atoms with van der Waals surface area (Å²) in [6.45, 7) is 17.2. The van der Waals surface area contributed by atoms with Crippen LogP contribution in [0.5, 0.6) is 0 Å². The normalized spacial score (nSPS) is 32.2. The van der Waals surface area contributed by atoms with Gasteiger partial charge in [0.15, 0.2) is 0 Å². The molecule has 3 fully saturated rings. The van der Waals surface area contributed by atoms with Crippen molar-refractivity contribution in [1.29, 1.82) is 0 Å². The van der Waals surface area contributed by atoms with Gasteiger partial charge in [-0.1, -0.05) is 59.7 Å². The van der Waals surface area contributed by atoms with Crippen molar-refractivity contribution in [3.8, 4) is 0 Å². The summed E-state index contributed by atoms with van der Waals surface area (Å²) in [7, 11) is -1.79. The molecule has 2 saturated heterocycles. The van der Waals surface area contributed by atoms with Gasteiger partial charge in [-0.05, 0) is 73.3 Å². The topological polar surface area (TPSA) is 12.5 Å². The van der Waals surface area contributed by atoms with Gasteiger partial charge in [-0.15, -0.1) is 11.8 Å². The predicted octanol–water partition coefficient (Wildman–Crippen LogP) is 7.36. The van der Waals surface area contributed by atoms with E-state index >= 15 is 0 Å². The highest BCUT2D eigenvalue weighted by Crippen LogP contribution is 2.53. The molecule has 2 bridgehead atoms. The number of piperidine rings is 1. The Balaban J connectivity index is 1.45. The van der Waals surface area contributed by atoms with Gasteiger partial charge in [-0.25, -0.2) is 0 Å². The zero-order valence-corrected chi connectivity index (χ0v) is 21.9. The molecule has 2 aliphatic heterocycles. The van der Waals surface area contributed by atoms with Crippen LogP contribution in [0.25, 0.3) is 0 Å². The van der Waals surface area contributed by atoms with Gasteiger partial charge in [0.25, 0.3) is 0 Å². The molecule has 168 valence electrons. The maximum atomic E-state index is 7.33. The highest BCUT2D eigenvalue weighted by Gasteiger charge is 2.55. The molecule has 0 amide bonds. The zero-order chi connectivity index (χ0) is 21.5. The third-order valence-electron chi connectivity index (χ3n) is 8.64. The summed E-state index contributed by atoms with van der Waals surface area (Å²) in [5.41, 5.74) is 2.53. The van der Waals surface area contributed by atoms with Crippen molar-refractivity contribution < 1.29 is 4.43 Å². The Morgan fingerprint density at radius 1 is 0.967 bits per heavy atom. The number of thioether (sulfide) groups is 1. The molecule has 3 aliphatic rings. The molecule has 2 heterocycles. The molecule has 1 aromatic carbocycles. The second-order valence-electron chi connectivity index (χ2n) is 11.2. The third kappa shape index (κ3) is 4.07. The summed E-state index contributed by atoms with van der Waals surface area (Å²) >= 11 is 2.11. The lowest BCUT2D eigenvalue weighted by atomic mass is 9.69. The minimum atomic E-state index is -1.79. The molecule has 4 heteroatoms. The first-order valence-electron chi connectivity index (χ1n) is 12.4. The summed E-state index contributed by atoms with van der Waals surface area (Å²) in [6, 6.07) is 11.0. The summed E-state index contributed by atoms with van der Waals surface area (Å²) < 4.78 is 7.33. The summed E-state index contributed by atoms with van der Waals surface area (Å²) in [5, 5.41) is 0.749. The Hall–Kier alpha value is -0.293. The van der Waals surface area contributed by atoms with E-state index in [1.807, 2.05) is 0 Å². The molecule has 1 aliphatic carbocycles. The van der Waals surface area contributed by atoms with E-state index in [0.717, 1.165) is 11.2 Å². The predicted molar refractivity (Wildman–Crippen MR) is 133 cm³/mol. The number of benzene rings is 1. The number of fused-ring (bicyclic) bond motifs is 1. The van der Waals surface area contributed by atoms with Crippen molar-refractivity contribution in [2.24, 2.45) is 5.92 Å². The van der Waals surface area contributed by atoms with E-state index in [2.05, 4.69) is 88.5 Å². The highest BCUT2D eigenvalue weighted by atomic mass is 32.2. The van der Waals surface area contributed by atoms with Crippen LogP contribution >= 0.6 is 11.8 Å². The third-order valence-corrected chi connectivity index (χ3v) is 16.0. The van der Waals surface area contributed by atoms with E-state index in [1.54, 1.807) is 0 Å². The Morgan fingerprint density at radius 2 is 1.63 bits per heavy atom. The molecule has 0 radical (unpaired) electrons. The smallest absolute Gasteiger partial charge is 0.200 e. The van der Waals surface area contributed by atoms with Crippen LogP contribution in [0.3, 0.4) is 0 Å². The van der Waals surface area contributed by atoms with E-state index < -0.39 is 8.32 Å². The first-order valence-corrected chi connectivity index (χ1v) is 15.4. The van der Waals surface area contributed by atoms with E-state index in [1.165, 1.54) is 50.1 Å². The van der Waals surface area contributed by atoms with Gasteiger partial charge in [0.05, 0.1) is 0 Å². The van der Waals surface area contributed by atoms with Gasteiger partial charge in [0.1, 0.15) is 0 Å². The molecular weight excluding hydrogens is 402 g/mol. The van der Waals surface area contributed by atoms with Crippen LogP contribution in [-0.4, -0.2) is 43.2 Å². The van der Waals surface area contributed by atoms with E-state index in [0.29, 0.717) is 28.3 Å². The number of hydrogen-bond acceptors (Lipinski definition) is 3. The van der Waals surface area contributed by atoms with Gasteiger partial charge in [-0.2, -0.15) is 0 Å². The molecule has 2 nitrogen and oxygen atoms in total. The number of hydrogen-bond donors (Lipinski definition) is 0. The van der Waals surface area contributed by atoms with Crippen LogP contribution in [0.1, 0.15) is 73.6 Å². The fraction of sp³-hybridized carbons (Fsp3) is 0.769. The second-order valence-corrected chi connectivity index (χ2v) is 18.0. The second kappa shape index (κ2) is 8.92. The minimum Gasteiger partial charge on any atom is -0.413 e. The van der Waals surface area contributed by atoms with E-state index in [-0.39, 0.29) is 0 Å². The van der Waals surface area contributed by atoms with Gasteiger partial charge in [0, 0.05) is 28.3 Å². The number of nitrogens with zero attached hydrogens (tertiary/aromatic N) is 1. The molecule has 4 atom stereocenters. The average Bonchev–Trinajstić information content (AvgIpc) is 3.03. The zero-order valence-electron chi connectivity index (χ0n) is 20.1. The summed E-state index contributed by atoms with van der Waals surface area (Å²) in [6.07, 6.45) is 7.23.